The highest BCUT2D eigenvalue weighted by molar-refractivity contribution is 6.06. The lowest BCUT2D eigenvalue weighted by Crippen LogP contribution is -2.44. The summed E-state index contributed by atoms with van der Waals surface area (Å²) in [5.41, 5.74) is 1.02. The minimum absolute atomic E-state index is 0.0472. The number of anilines is 1. The number of aromatic carboxylic acids is 1. The van der Waals surface area contributed by atoms with Crippen molar-refractivity contribution in [3.8, 4) is 0 Å². The summed E-state index contributed by atoms with van der Waals surface area (Å²) >= 11 is 0. The predicted octanol–water partition coefficient (Wildman–Crippen LogP) is 3.10. The Hall–Kier alpha value is -2.77. The molecule has 2 N–H and O–H groups in total. The smallest absolute Gasteiger partial charge is 0.410 e. The maximum absolute atomic E-state index is 12.5. The number of carbonyl (C=O) groups is 2. The van der Waals surface area contributed by atoms with E-state index in [1.54, 1.807) is 17.2 Å². The van der Waals surface area contributed by atoms with Crippen molar-refractivity contribution < 1.29 is 19.4 Å². The van der Waals surface area contributed by atoms with E-state index in [1.807, 2.05) is 33.8 Å². The van der Waals surface area contributed by atoms with Crippen LogP contribution in [-0.4, -0.2) is 63.5 Å². The van der Waals surface area contributed by atoms with Gasteiger partial charge in [-0.2, -0.15) is 5.10 Å². The number of amides is 1. The number of benzene rings is 1. The van der Waals surface area contributed by atoms with Gasteiger partial charge in [-0.1, -0.05) is 0 Å². The fraction of sp³-hybridized carbons (Fsp3) is 0.526. The van der Waals surface area contributed by atoms with Crippen molar-refractivity contribution in [1.82, 2.24) is 15.1 Å². The van der Waals surface area contributed by atoms with Crippen LogP contribution in [0.5, 0.6) is 0 Å². The average molecular weight is 374 g/mol. The van der Waals surface area contributed by atoms with Gasteiger partial charge in [0.15, 0.2) is 0 Å². The molecular weight excluding hydrogens is 348 g/mol. The third-order valence-corrected chi connectivity index (χ3v) is 4.72. The normalized spacial score (nSPS) is 17.3. The predicted molar refractivity (Wildman–Crippen MR) is 102 cm³/mol. The number of aromatic nitrogens is 2. The van der Waals surface area contributed by atoms with E-state index in [9.17, 15) is 14.7 Å². The number of rotatable bonds is 4. The summed E-state index contributed by atoms with van der Waals surface area (Å²) in [6.45, 7) is 9.55. The van der Waals surface area contributed by atoms with Gasteiger partial charge in [-0.3, -0.25) is 5.10 Å². The summed E-state index contributed by atoms with van der Waals surface area (Å²) in [6, 6.07) is 3.44. The van der Waals surface area contributed by atoms with Gasteiger partial charge in [0, 0.05) is 36.9 Å². The molecule has 0 radical (unpaired) electrons. The Labute approximate surface area is 158 Å². The third kappa shape index (κ3) is 3.84. The number of carboxylic acid groups (broad SMARTS) is 1. The summed E-state index contributed by atoms with van der Waals surface area (Å²) in [5.74, 6) is -1.000. The maximum atomic E-state index is 12.5. The molecule has 0 saturated carbocycles. The number of nitrogens with one attached hydrogen (secondary N) is 1. The molecule has 1 fully saturated rings. The molecule has 3 rings (SSSR count). The van der Waals surface area contributed by atoms with E-state index in [0.29, 0.717) is 18.6 Å². The van der Waals surface area contributed by atoms with Crippen molar-refractivity contribution in [2.24, 2.45) is 0 Å². The van der Waals surface area contributed by atoms with Crippen LogP contribution >= 0.6 is 0 Å². The number of H-pyrrole nitrogens is 1. The first-order chi connectivity index (χ1) is 12.7. The number of hydrogen-bond donors (Lipinski definition) is 2. The lowest BCUT2D eigenvalue weighted by molar-refractivity contribution is 0.0190. The molecule has 0 spiro atoms. The largest absolute Gasteiger partial charge is 0.478 e. The molecule has 1 saturated heterocycles. The van der Waals surface area contributed by atoms with Crippen LogP contribution in [-0.2, 0) is 4.74 Å². The fourth-order valence-corrected chi connectivity index (χ4v) is 3.54. The van der Waals surface area contributed by atoms with Crippen LogP contribution in [0.25, 0.3) is 10.9 Å². The topological polar surface area (TPSA) is 98.8 Å². The summed E-state index contributed by atoms with van der Waals surface area (Å²) in [5, 5.41) is 17.0. The van der Waals surface area contributed by atoms with Crippen LogP contribution in [0.1, 0.15) is 44.5 Å². The Morgan fingerprint density at radius 3 is 2.78 bits per heavy atom. The van der Waals surface area contributed by atoms with Gasteiger partial charge in [0.25, 0.3) is 0 Å². The molecule has 2 aromatic rings. The molecule has 8 nitrogen and oxygen atoms in total. The number of carboxylic acids is 1. The first kappa shape index (κ1) is 19.0. The summed E-state index contributed by atoms with van der Waals surface area (Å²) < 4.78 is 5.53. The van der Waals surface area contributed by atoms with Crippen molar-refractivity contribution in [3.63, 3.8) is 0 Å². The highest BCUT2D eigenvalue weighted by Crippen LogP contribution is 2.31. The van der Waals surface area contributed by atoms with E-state index in [0.717, 1.165) is 24.0 Å². The Balaban J connectivity index is 1.81. The number of hydrogen-bond acceptors (Lipinski definition) is 5. The number of ether oxygens (including phenoxy) is 1. The molecule has 1 atom stereocenters. The van der Waals surface area contributed by atoms with Crippen molar-refractivity contribution in [2.75, 3.05) is 24.5 Å². The quantitative estimate of drug-likeness (QED) is 0.853. The molecule has 1 aromatic heterocycles. The first-order valence-electron chi connectivity index (χ1n) is 9.15. The van der Waals surface area contributed by atoms with Gasteiger partial charge in [-0.25, -0.2) is 9.59 Å². The molecule has 27 heavy (non-hydrogen) atoms. The van der Waals surface area contributed by atoms with Gasteiger partial charge in [0.1, 0.15) is 11.1 Å². The monoisotopic (exact) mass is 374 g/mol. The first-order valence-corrected chi connectivity index (χ1v) is 9.15. The van der Waals surface area contributed by atoms with Crippen LogP contribution in [0, 0.1) is 0 Å². The Morgan fingerprint density at radius 2 is 2.15 bits per heavy atom. The lowest BCUT2D eigenvalue weighted by atomic mass is 10.1. The molecule has 1 unspecified atom stereocenters. The van der Waals surface area contributed by atoms with Crippen LogP contribution in [0.15, 0.2) is 18.3 Å². The van der Waals surface area contributed by atoms with Gasteiger partial charge in [-0.05, 0) is 46.2 Å². The van der Waals surface area contributed by atoms with E-state index in [1.165, 1.54) is 0 Å². The minimum Gasteiger partial charge on any atom is -0.478 e. The van der Waals surface area contributed by atoms with Crippen molar-refractivity contribution >= 4 is 28.7 Å². The highest BCUT2D eigenvalue weighted by atomic mass is 16.6. The van der Waals surface area contributed by atoms with Crippen molar-refractivity contribution in [3.05, 3.63) is 23.9 Å². The van der Waals surface area contributed by atoms with Gasteiger partial charge < -0.3 is 19.6 Å². The zero-order valence-corrected chi connectivity index (χ0v) is 16.2. The number of carbonyl (C=O) groups excluding carboxylic acids is 1. The molecule has 0 bridgehead atoms. The highest BCUT2D eigenvalue weighted by Gasteiger charge is 2.33. The van der Waals surface area contributed by atoms with Crippen LogP contribution < -0.4 is 4.90 Å². The molecular formula is C19H26N4O4. The molecule has 146 valence electrons. The standard InChI is InChI=1S/C19H26N4O4/c1-5-23(18(26)27-19(2,3)4)12-8-9-22(11-12)15-7-6-13(17(24)25)16-14(15)10-20-21-16/h6-7,10,12H,5,8-9,11H2,1-4H3,(H,20,21)(H,24,25). The van der Waals surface area contributed by atoms with E-state index < -0.39 is 11.6 Å². The van der Waals surface area contributed by atoms with E-state index in [4.69, 9.17) is 4.74 Å². The second kappa shape index (κ2) is 7.09. The Bertz CT molecular complexity index is 855. The average Bonchev–Trinajstić information content (AvgIpc) is 3.22. The molecule has 2 heterocycles. The molecule has 1 aromatic carbocycles. The van der Waals surface area contributed by atoms with Crippen LogP contribution in [0.4, 0.5) is 10.5 Å². The second-order valence-corrected chi connectivity index (χ2v) is 7.74. The number of nitrogens with zero attached hydrogens (tertiary/aromatic N) is 3. The maximum Gasteiger partial charge on any atom is 0.410 e. The van der Waals surface area contributed by atoms with E-state index in [-0.39, 0.29) is 17.7 Å². The minimum atomic E-state index is -1.000. The molecule has 8 heteroatoms. The van der Waals surface area contributed by atoms with Crippen LogP contribution in [0.2, 0.25) is 0 Å². The second-order valence-electron chi connectivity index (χ2n) is 7.74. The van der Waals surface area contributed by atoms with E-state index in [2.05, 4.69) is 15.1 Å². The van der Waals surface area contributed by atoms with E-state index >= 15 is 0 Å². The Kier molecular flexibility index (Phi) is 4.99. The van der Waals surface area contributed by atoms with Gasteiger partial charge in [0.2, 0.25) is 0 Å². The lowest BCUT2D eigenvalue weighted by Gasteiger charge is -2.31. The van der Waals surface area contributed by atoms with Crippen molar-refractivity contribution in [2.45, 2.75) is 45.8 Å². The fourth-order valence-electron chi connectivity index (χ4n) is 3.54. The molecule has 1 aliphatic heterocycles. The number of likely N-dealkylation sites (N-methyl/N-ethyl adjacent to an activating group) is 1. The SMILES string of the molecule is CCN(C(=O)OC(C)(C)C)C1CCN(c2ccc(C(=O)O)c3n[nH]cc23)C1. The van der Waals surface area contributed by atoms with Gasteiger partial charge in [0.05, 0.1) is 11.6 Å². The Morgan fingerprint density at radius 1 is 1.41 bits per heavy atom. The molecule has 1 amide bonds. The third-order valence-electron chi connectivity index (χ3n) is 4.72. The summed E-state index contributed by atoms with van der Waals surface area (Å²) in [6.07, 6.45) is 2.25. The summed E-state index contributed by atoms with van der Waals surface area (Å²) in [4.78, 5) is 27.8. The molecule has 0 aliphatic carbocycles. The van der Waals surface area contributed by atoms with Gasteiger partial charge >= 0.3 is 12.1 Å². The molecule has 1 aliphatic rings. The number of fused-ring (bicyclic) bond motifs is 1. The van der Waals surface area contributed by atoms with Crippen LogP contribution in [0.3, 0.4) is 0 Å². The zero-order valence-electron chi connectivity index (χ0n) is 16.2. The zero-order chi connectivity index (χ0) is 19.8. The number of aromatic amines is 1. The summed E-state index contributed by atoms with van der Waals surface area (Å²) in [7, 11) is 0. The van der Waals surface area contributed by atoms with Gasteiger partial charge in [-0.15, -0.1) is 0 Å². The van der Waals surface area contributed by atoms with Crippen molar-refractivity contribution in [1.29, 1.82) is 0 Å².